The van der Waals surface area contributed by atoms with Crippen LogP contribution in [0.25, 0.3) is 10.9 Å². The lowest BCUT2D eigenvalue weighted by Gasteiger charge is -2.06. The number of rotatable bonds is 3. The number of carboxylic acids is 1. The highest BCUT2D eigenvalue weighted by Gasteiger charge is 2.13. The number of aliphatic carboxylic acids is 1. The molecule has 17 heavy (non-hydrogen) atoms. The highest BCUT2D eigenvalue weighted by atomic mass is 35.5. The molecule has 0 bridgehead atoms. The molecule has 1 heterocycles. The van der Waals surface area contributed by atoms with Gasteiger partial charge in [0.15, 0.2) is 5.15 Å². The van der Waals surface area contributed by atoms with Gasteiger partial charge in [0.05, 0.1) is 5.52 Å². The normalized spacial score (nSPS) is 12.9. The molecule has 0 amide bonds. The Balaban J connectivity index is 2.38. The summed E-state index contributed by atoms with van der Waals surface area (Å²) in [4.78, 5) is 10.7. The van der Waals surface area contributed by atoms with Crippen molar-refractivity contribution in [2.75, 3.05) is 0 Å². The zero-order chi connectivity index (χ0) is 12.6. The summed E-state index contributed by atoms with van der Waals surface area (Å²) in [7, 11) is 1.80. The molecule has 0 spiro atoms. The molecule has 90 valence electrons. The molecular formula is C11H12ClN3O2. The standard InChI is InChI=1S/C11H12ClN3O2/c1-15-9-3-2-6(5-8(13)11(16)17)4-7(9)10(12)14-15/h2-4,8H,5,13H2,1H3,(H,16,17). The lowest BCUT2D eigenvalue weighted by atomic mass is 10.1. The summed E-state index contributed by atoms with van der Waals surface area (Å²) >= 11 is 5.97. The maximum atomic E-state index is 10.7. The molecule has 2 aromatic rings. The first-order valence-corrected chi connectivity index (χ1v) is 5.46. The van der Waals surface area contributed by atoms with Gasteiger partial charge >= 0.3 is 5.97 Å². The molecule has 0 aliphatic heterocycles. The third-order valence-electron chi connectivity index (χ3n) is 2.64. The quantitative estimate of drug-likeness (QED) is 0.861. The maximum Gasteiger partial charge on any atom is 0.320 e. The third kappa shape index (κ3) is 2.25. The van der Waals surface area contributed by atoms with Crippen LogP contribution >= 0.6 is 11.6 Å². The van der Waals surface area contributed by atoms with Crippen LogP contribution in [0.3, 0.4) is 0 Å². The van der Waals surface area contributed by atoms with Gasteiger partial charge in [-0.25, -0.2) is 0 Å². The average Bonchev–Trinajstić information content (AvgIpc) is 2.54. The summed E-state index contributed by atoms with van der Waals surface area (Å²) in [6.45, 7) is 0. The number of hydrogen-bond donors (Lipinski definition) is 2. The van der Waals surface area contributed by atoms with E-state index < -0.39 is 12.0 Å². The summed E-state index contributed by atoms with van der Waals surface area (Å²) in [5.74, 6) is -1.01. The number of benzene rings is 1. The Bertz CT molecular complexity index is 579. The Morgan fingerprint density at radius 3 is 3.00 bits per heavy atom. The summed E-state index contributed by atoms with van der Waals surface area (Å²) in [5, 5.41) is 14.0. The average molecular weight is 254 g/mol. The molecule has 1 aromatic carbocycles. The largest absolute Gasteiger partial charge is 0.480 e. The van der Waals surface area contributed by atoms with E-state index in [1.165, 1.54) is 0 Å². The van der Waals surface area contributed by atoms with E-state index >= 15 is 0 Å². The van der Waals surface area contributed by atoms with E-state index in [4.69, 9.17) is 22.4 Å². The molecular weight excluding hydrogens is 242 g/mol. The van der Waals surface area contributed by atoms with Crippen LogP contribution in [0.5, 0.6) is 0 Å². The van der Waals surface area contributed by atoms with Crippen LogP contribution in [0.15, 0.2) is 18.2 Å². The van der Waals surface area contributed by atoms with E-state index in [2.05, 4.69) is 5.10 Å². The van der Waals surface area contributed by atoms with E-state index in [1.807, 2.05) is 18.2 Å². The summed E-state index contributed by atoms with van der Waals surface area (Å²) in [6, 6.07) is 4.62. The van der Waals surface area contributed by atoms with Crippen molar-refractivity contribution in [3.05, 3.63) is 28.9 Å². The molecule has 1 aromatic heterocycles. The van der Waals surface area contributed by atoms with Gasteiger partial charge in [-0.15, -0.1) is 0 Å². The number of nitrogens with two attached hydrogens (primary N) is 1. The van der Waals surface area contributed by atoms with Crippen molar-refractivity contribution in [1.29, 1.82) is 0 Å². The number of aromatic nitrogens is 2. The minimum atomic E-state index is -1.01. The van der Waals surface area contributed by atoms with Crippen molar-refractivity contribution < 1.29 is 9.90 Å². The number of nitrogens with zero attached hydrogens (tertiary/aromatic N) is 2. The van der Waals surface area contributed by atoms with Gasteiger partial charge in [0.25, 0.3) is 0 Å². The van der Waals surface area contributed by atoms with Gasteiger partial charge in [0.1, 0.15) is 6.04 Å². The second-order valence-corrected chi connectivity index (χ2v) is 4.27. The van der Waals surface area contributed by atoms with Gasteiger partial charge in [-0.05, 0) is 24.1 Å². The topological polar surface area (TPSA) is 81.1 Å². The Kier molecular flexibility index (Phi) is 3.04. The summed E-state index contributed by atoms with van der Waals surface area (Å²) in [6.07, 6.45) is 0.274. The summed E-state index contributed by atoms with van der Waals surface area (Å²) in [5.41, 5.74) is 7.22. The maximum absolute atomic E-state index is 10.7. The first-order chi connectivity index (χ1) is 7.99. The number of aryl methyl sites for hydroxylation is 1. The number of fused-ring (bicyclic) bond motifs is 1. The Morgan fingerprint density at radius 2 is 2.35 bits per heavy atom. The molecule has 0 aliphatic rings. The van der Waals surface area contributed by atoms with Crippen LogP contribution in [-0.2, 0) is 18.3 Å². The lowest BCUT2D eigenvalue weighted by molar-refractivity contribution is -0.138. The van der Waals surface area contributed by atoms with Gasteiger partial charge in [0.2, 0.25) is 0 Å². The molecule has 0 fully saturated rings. The van der Waals surface area contributed by atoms with Crippen LogP contribution < -0.4 is 5.73 Å². The summed E-state index contributed by atoms with van der Waals surface area (Å²) < 4.78 is 1.68. The molecule has 5 nitrogen and oxygen atoms in total. The molecule has 1 unspecified atom stereocenters. The number of hydrogen-bond acceptors (Lipinski definition) is 3. The highest BCUT2D eigenvalue weighted by molar-refractivity contribution is 6.34. The van der Waals surface area contributed by atoms with Gasteiger partial charge in [-0.3, -0.25) is 9.48 Å². The zero-order valence-corrected chi connectivity index (χ0v) is 9.98. The minimum Gasteiger partial charge on any atom is -0.480 e. The Labute approximate surface area is 103 Å². The van der Waals surface area contributed by atoms with Gasteiger partial charge in [-0.2, -0.15) is 5.10 Å². The van der Waals surface area contributed by atoms with Crippen LogP contribution in [0, 0.1) is 0 Å². The zero-order valence-electron chi connectivity index (χ0n) is 9.22. The number of carboxylic acid groups (broad SMARTS) is 1. The Hall–Kier alpha value is -1.59. The van der Waals surface area contributed by atoms with Crippen LogP contribution in [-0.4, -0.2) is 26.9 Å². The lowest BCUT2D eigenvalue weighted by Crippen LogP contribution is -2.32. The van der Waals surface area contributed by atoms with Crippen molar-refractivity contribution in [1.82, 2.24) is 9.78 Å². The molecule has 3 N–H and O–H groups in total. The molecule has 2 rings (SSSR count). The molecule has 6 heteroatoms. The Morgan fingerprint density at radius 1 is 1.65 bits per heavy atom. The molecule has 0 saturated heterocycles. The second-order valence-electron chi connectivity index (χ2n) is 3.91. The van der Waals surface area contributed by atoms with Crippen molar-refractivity contribution in [2.24, 2.45) is 12.8 Å². The van der Waals surface area contributed by atoms with Crippen LogP contribution in [0.4, 0.5) is 0 Å². The second kappa shape index (κ2) is 4.35. The van der Waals surface area contributed by atoms with E-state index in [9.17, 15) is 4.79 Å². The highest BCUT2D eigenvalue weighted by Crippen LogP contribution is 2.23. The molecule has 0 radical (unpaired) electrons. The predicted octanol–water partition coefficient (Wildman–Crippen LogP) is 1.18. The third-order valence-corrected chi connectivity index (χ3v) is 2.92. The van der Waals surface area contributed by atoms with Gasteiger partial charge in [0, 0.05) is 12.4 Å². The van der Waals surface area contributed by atoms with Crippen LogP contribution in [0.2, 0.25) is 5.15 Å². The number of carbonyl (C=O) groups is 1. The van der Waals surface area contributed by atoms with Crippen LogP contribution in [0.1, 0.15) is 5.56 Å². The van der Waals surface area contributed by atoms with E-state index in [0.29, 0.717) is 5.15 Å². The van der Waals surface area contributed by atoms with E-state index in [1.54, 1.807) is 11.7 Å². The fourth-order valence-corrected chi connectivity index (χ4v) is 2.00. The first kappa shape index (κ1) is 11.9. The SMILES string of the molecule is Cn1nc(Cl)c2cc(CC(N)C(=O)O)ccc21. The van der Waals surface area contributed by atoms with Crippen molar-refractivity contribution in [2.45, 2.75) is 12.5 Å². The number of halogens is 1. The fourth-order valence-electron chi connectivity index (χ4n) is 1.74. The molecule has 1 atom stereocenters. The smallest absolute Gasteiger partial charge is 0.320 e. The molecule has 0 saturated carbocycles. The van der Waals surface area contributed by atoms with Crippen molar-refractivity contribution in [3.63, 3.8) is 0 Å². The van der Waals surface area contributed by atoms with Gasteiger partial charge in [-0.1, -0.05) is 17.7 Å². The molecule has 0 aliphatic carbocycles. The first-order valence-electron chi connectivity index (χ1n) is 5.08. The monoisotopic (exact) mass is 253 g/mol. The fraction of sp³-hybridized carbons (Fsp3) is 0.273. The van der Waals surface area contributed by atoms with Crippen molar-refractivity contribution in [3.8, 4) is 0 Å². The van der Waals surface area contributed by atoms with Gasteiger partial charge < -0.3 is 10.8 Å². The predicted molar refractivity (Wildman–Crippen MR) is 65.0 cm³/mol. The van der Waals surface area contributed by atoms with E-state index in [0.717, 1.165) is 16.5 Å². The van der Waals surface area contributed by atoms with E-state index in [-0.39, 0.29) is 6.42 Å². The minimum absolute atomic E-state index is 0.274. The van der Waals surface area contributed by atoms with Crippen molar-refractivity contribution >= 4 is 28.5 Å².